The van der Waals surface area contributed by atoms with Crippen molar-refractivity contribution in [2.75, 3.05) is 25.5 Å². The number of nitrogens with zero attached hydrogens (tertiary/aromatic N) is 1. The molecule has 0 spiro atoms. The number of nitrogen functional groups attached to an aromatic ring is 1. The zero-order valence-electron chi connectivity index (χ0n) is 12.0. The van der Waals surface area contributed by atoms with E-state index in [1.807, 2.05) is 6.07 Å². The van der Waals surface area contributed by atoms with Crippen molar-refractivity contribution in [1.29, 1.82) is 0 Å². The van der Waals surface area contributed by atoms with E-state index in [4.69, 9.17) is 20.9 Å². The minimum atomic E-state index is -0.259. The maximum atomic E-state index is 11.6. The van der Waals surface area contributed by atoms with Crippen molar-refractivity contribution in [3.05, 3.63) is 17.7 Å². The zero-order valence-corrected chi connectivity index (χ0v) is 12.0. The van der Waals surface area contributed by atoms with Crippen LogP contribution in [0.4, 0.5) is 5.69 Å². The summed E-state index contributed by atoms with van der Waals surface area (Å²) in [5.74, 6) is 1.15. The van der Waals surface area contributed by atoms with Crippen LogP contribution in [-0.4, -0.2) is 36.6 Å². The normalized spacial score (nSPS) is 22.0. The molecule has 21 heavy (non-hydrogen) atoms. The Labute approximate surface area is 124 Å². The molecule has 1 aromatic rings. The van der Waals surface area contributed by atoms with Gasteiger partial charge in [0.15, 0.2) is 11.5 Å². The molecule has 1 fully saturated rings. The van der Waals surface area contributed by atoms with Gasteiger partial charge in [-0.05, 0) is 31.0 Å². The minimum absolute atomic E-state index is 0.202. The molecule has 1 aromatic carbocycles. The van der Waals surface area contributed by atoms with E-state index in [1.54, 1.807) is 6.07 Å². The van der Waals surface area contributed by atoms with Crippen LogP contribution >= 0.6 is 0 Å². The molecule has 2 aliphatic rings. The fourth-order valence-electron chi connectivity index (χ4n) is 3.00. The summed E-state index contributed by atoms with van der Waals surface area (Å²) in [6.45, 7) is 2.56. The topological polar surface area (TPSA) is 90.8 Å². The maximum absolute atomic E-state index is 11.6. The summed E-state index contributed by atoms with van der Waals surface area (Å²) in [4.78, 5) is 13.7. The number of carbonyl (C=O) groups excluding carboxylic acids is 1. The van der Waals surface area contributed by atoms with Gasteiger partial charge in [0.1, 0.15) is 13.2 Å². The van der Waals surface area contributed by atoms with E-state index in [0.29, 0.717) is 31.2 Å². The Hall–Kier alpha value is -1.95. The zero-order chi connectivity index (χ0) is 14.8. The van der Waals surface area contributed by atoms with Gasteiger partial charge < -0.3 is 20.9 Å². The second kappa shape index (κ2) is 5.81. The molecule has 1 atom stereocenters. The second-order valence-electron chi connectivity index (χ2n) is 5.58. The molecule has 1 saturated heterocycles. The van der Waals surface area contributed by atoms with E-state index in [-0.39, 0.29) is 11.9 Å². The number of hydrogen-bond donors (Lipinski definition) is 2. The molecule has 2 aliphatic heterocycles. The van der Waals surface area contributed by atoms with Crippen molar-refractivity contribution in [1.82, 2.24) is 4.90 Å². The molecule has 0 saturated carbocycles. The second-order valence-corrected chi connectivity index (χ2v) is 5.58. The van der Waals surface area contributed by atoms with Crippen LogP contribution in [0.5, 0.6) is 11.5 Å². The van der Waals surface area contributed by atoms with Crippen molar-refractivity contribution in [2.45, 2.75) is 31.8 Å². The number of ether oxygens (including phenoxy) is 2. The van der Waals surface area contributed by atoms with Crippen LogP contribution in [0.2, 0.25) is 0 Å². The Kier molecular flexibility index (Phi) is 3.88. The summed E-state index contributed by atoms with van der Waals surface area (Å²) in [7, 11) is 0. The van der Waals surface area contributed by atoms with Gasteiger partial charge in [-0.25, -0.2) is 0 Å². The Morgan fingerprint density at radius 2 is 1.95 bits per heavy atom. The number of anilines is 1. The first kappa shape index (κ1) is 14.0. The molecule has 4 N–H and O–H groups in total. The summed E-state index contributed by atoms with van der Waals surface area (Å²) in [6, 6.07) is 3.51. The molecule has 0 aromatic heterocycles. The van der Waals surface area contributed by atoms with Crippen LogP contribution in [-0.2, 0) is 11.3 Å². The lowest BCUT2D eigenvalue weighted by atomic mass is 10.00. The molecule has 2 heterocycles. The van der Waals surface area contributed by atoms with E-state index in [0.717, 1.165) is 37.1 Å². The van der Waals surface area contributed by atoms with Gasteiger partial charge >= 0.3 is 0 Å². The van der Waals surface area contributed by atoms with E-state index in [1.165, 1.54) is 0 Å². The van der Waals surface area contributed by atoms with Gasteiger partial charge in [-0.3, -0.25) is 9.69 Å². The predicted molar refractivity (Wildman–Crippen MR) is 79.1 cm³/mol. The lowest BCUT2D eigenvalue weighted by Crippen LogP contribution is -2.47. The molecular formula is C15H21N3O3. The number of primary amides is 1. The quantitative estimate of drug-likeness (QED) is 0.807. The fourth-order valence-corrected chi connectivity index (χ4v) is 3.00. The van der Waals surface area contributed by atoms with Crippen molar-refractivity contribution in [2.24, 2.45) is 5.73 Å². The number of piperidine rings is 1. The first-order valence-electron chi connectivity index (χ1n) is 7.36. The third-order valence-electron chi connectivity index (χ3n) is 4.12. The van der Waals surface area contributed by atoms with Gasteiger partial charge in [-0.2, -0.15) is 0 Å². The molecule has 114 valence electrons. The maximum Gasteiger partial charge on any atom is 0.234 e. The monoisotopic (exact) mass is 291 g/mol. The number of nitrogens with two attached hydrogens (primary N) is 2. The largest absolute Gasteiger partial charge is 0.486 e. The molecule has 0 aliphatic carbocycles. The summed E-state index contributed by atoms with van der Waals surface area (Å²) >= 11 is 0. The number of carbonyl (C=O) groups is 1. The lowest BCUT2D eigenvalue weighted by Gasteiger charge is -2.34. The number of fused-ring (bicyclic) bond motifs is 1. The van der Waals surface area contributed by atoms with Gasteiger partial charge in [0.2, 0.25) is 5.91 Å². The van der Waals surface area contributed by atoms with Crippen LogP contribution in [0.1, 0.15) is 24.8 Å². The van der Waals surface area contributed by atoms with Crippen molar-refractivity contribution in [3.8, 4) is 11.5 Å². The first-order chi connectivity index (χ1) is 10.1. The predicted octanol–water partition coefficient (Wildman–Crippen LogP) is 0.880. The summed E-state index contributed by atoms with van der Waals surface area (Å²) in [6.07, 6.45) is 2.94. The van der Waals surface area contributed by atoms with Gasteiger partial charge in [0, 0.05) is 18.3 Å². The number of rotatable bonds is 3. The van der Waals surface area contributed by atoms with Gasteiger partial charge in [-0.1, -0.05) is 6.42 Å². The number of amides is 1. The Balaban J connectivity index is 1.81. The third kappa shape index (κ3) is 2.90. The molecule has 1 amide bonds. The molecule has 6 nitrogen and oxygen atoms in total. The highest BCUT2D eigenvalue weighted by Crippen LogP contribution is 2.35. The average molecular weight is 291 g/mol. The van der Waals surface area contributed by atoms with Crippen LogP contribution in [0.15, 0.2) is 12.1 Å². The third-order valence-corrected chi connectivity index (χ3v) is 4.12. The molecule has 1 unspecified atom stereocenters. The van der Waals surface area contributed by atoms with Crippen molar-refractivity contribution in [3.63, 3.8) is 0 Å². The van der Waals surface area contributed by atoms with E-state index in [9.17, 15) is 4.79 Å². The van der Waals surface area contributed by atoms with Crippen LogP contribution < -0.4 is 20.9 Å². The molecule has 6 heteroatoms. The van der Waals surface area contributed by atoms with Crippen LogP contribution in [0.25, 0.3) is 0 Å². The van der Waals surface area contributed by atoms with Gasteiger partial charge in [0.05, 0.1) is 6.04 Å². The Morgan fingerprint density at radius 3 is 2.67 bits per heavy atom. The number of hydrogen-bond acceptors (Lipinski definition) is 5. The average Bonchev–Trinajstić information content (AvgIpc) is 2.48. The Bertz CT molecular complexity index is 547. The van der Waals surface area contributed by atoms with Crippen molar-refractivity contribution < 1.29 is 14.3 Å². The highest BCUT2D eigenvalue weighted by Gasteiger charge is 2.27. The summed E-state index contributed by atoms with van der Waals surface area (Å²) in [5, 5.41) is 0. The molecule has 0 radical (unpaired) electrons. The van der Waals surface area contributed by atoms with Gasteiger partial charge in [-0.15, -0.1) is 0 Å². The standard InChI is InChI=1S/C15H21N3O3/c16-11-8-14-13(20-5-6-21-14)7-10(11)9-18-4-2-1-3-12(18)15(17)19/h7-8,12H,1-6,9,16H2,(H2,17,19). The highest BCUT2D eigenvalue weighted by atomic mass is 16.6. The van der Waals surface area contributed by atoms with E-state index >= 15 is 0 Å². The van der Waals surface area contributed by atoms with E-state index < -0.39 is 0 Å². The summed E-state index contributed by atoms with van der Waals surface area (Å²) in [5.41, 5.74) is 13.2. The number of benzene rings is 1. The molecule has 3 rings (SSSR count). The van der Waals surface area contributed by atoms with Gasteiger partial charge in [0.25, 0.3) is 0 Å². The summed E-state index contributed by atoms with van der Waals surface area (Å²) < 4.78 is 11.1. The van der Waals surface area contributed by atoms with Crippen molar-refractivity contribution >= 4 is 11.6 Å². The smallest absolute Gasteiger partial charge is 0.234 e. The number of likely N-dealkylation sites (tertiary alicyclic amines) is 1. The van der Waals surface area contributed by atoms with Crippen LogP contribution in [0, 0.1) is 0 Å². The lowest BCUT2D eigenvalue weighted by molar-refractivity contribution is -0.124. The first-order valence-corrected chi connectivity index (χ1v) is 7.36. The Morgan fingerprint density at radius 1 is 1.24 bits per heavy atom. The fraction of sp³-hybridized carbons (Fsp3) is 0.533. The van der Waals surface area contributed by atoms with E-state index in [2.05, 4.69) is 4.90 Å². The molecule has 0 bridgehead atoms. The minimum Gasteiger partial charge on any atom is -0.486 e. The van der Waals surface area contributed by atoms with Crippen LogP contribution in [0.3, 0.4) is 0 Å². The SMILES string of the molecule is NC(=O)C1CCCCN1Cc1cc2c(cc1N)OCCO2. The molecular weight excluding hydrogens is 270 g/mol. The highest BCUT2D eigenvalue weighted by molar-refractivity contribution is 5.80.